The zero-order valence-corrected chi connectivity index (χ0v) is 37.0. The molecule has 6 aromatic rings. The van der Waals surface area contributed by atoms with Crippen LogP contribution in [-0.4, -0.2) is 43.1 Å². The van der Waals surface area contributed by atoms with E-state index in [1.54, 1.807) is 43.5 Å². The predicted molar refractivity (Wildman–Crippen MR) is 237 cm³/mol. The topological polar surface area (TPSA) is 66.8 Å². The highest BCUT2D eigenvalue weighted by molar-refractivity contribution is 7.16. The van der Waals surface area contributed by atoms with Crippen molar-refractivity contribution in [2.75, 3.05) is 21.2 Å². The number of carboxylic acids is 1. The van der Waals surface area contributed by atoms with Gasteiger partial charge in [0, 0.05) is 48.9 Å². The van der Waals surface area contributed by atoms with Gasteiger partial charge in [0.15, 0.2) is 0 Å². The molecule has 3 aromatic carbocycles. The number of benzene rings is 3. The number of amides is 1. The maximum atomic E-state index is 13.7. The minimum absolute atomic E-state index is 0.0399. The fourth-order valence-electron chi connectivity index (χ4n) is 5.32. The van der Waals surface area contributed by atoms with Crippen molar-refractivity contribution in [1.29, 1.82) is 0 Å². The molecule has 1 N–H and O–H groups in total. The first-order valence-corrected chi connectivity index (χ1v) is 20.8. The van der Waals surface area contributed by atoms with Crippen LogP contribution in [0.2, 0.25) is 0 Å². The molecule has 0 spiro atoms. The fourth-order valence-corrected chi connectivity index (χ4v) is 8.52. The number of aromatic carboxylic acids is 1. The van der Waals surface area contributed by atoms with E-state index in [2.05, 4.69) is 98.7 Å². The highest BCUT2D eigenvalue weighted by atomic mass is 32.1. The van der Waals surface area contributed by atoms with Gasteiger partial charge in [0.2, 0.25) is 0 Å². The molecular weight excluding hydrogens is 758 g/mol. The van der Waals surface area contributed by atoms with Gasteiger partial charge in [-0.15, -0.1) is 34.0 Å². The summed E-state index contributed by atoms with van der Waals surface area (Å²) in [5, 5.41) is 8.80. The molecule has 0 unspecified atom stereocenters. The SMILES string of the molecule is CC(C)(C)c1ccc(-c2ccc(C(=O)O)c(F)c2)s1.CN(C)C(=O)c1ccc(-c2ccc(C(C)(C)C)s2)cc1.COc1ccc(-c2ccc(C(C)(C)C)s2)cc1. The van der Waals surface area contributed by atoms with Crippen LogP contribution < -0.4 is 4.74 Å². The number of rotatable bonds is 6. The largest absolute Gasteiger partial charge is 0.497 e. The van der Waals surface area contributed by atoms with E-state index in [1.165, 1.54) is 47.6 Å². The Hall–Kier alpha value is -4.57. The highest BCUT2D eigenvalue weighted by Crippen LogP contribution is 2.37. The van der Waals surface area contributed by atoms with Crippen molar-refractivity contribution >= 4 is 45.9 Å². The normalized spacial score (nSPS) is 11.5. The smallest absolute Gasteiger partial charge is 0.338 e. The second-order valence-electron chi connectivity index (χ2n) is 16.7. The summed E-state index contributed by atoms with van der Waals surface area (Å²) in [6.07, 6.45) is 0. The lowest BCUT2D eigenvalue weighted by Crippen LogP contribution is -2.21. The van der Waals surface area contributed by atoms with Gasteiger partial charge in [-0.05, 0) is 118 Å². The molecule has 0 bridgehead atoms. The van der Waals surface area contributed by atoms with Crippen molar-refractivity contribution in [3.8, 4) is 37.1 Å². The van der Waals surface area contributed by atoms with Gasteiger partial charge in [-0.3, -0.25) is 4.79 Å². The molecule has 0 fully saturated rings. The zero-order valence-electron chi connectivity index (χ0n) is 34.5. The lowest BCUT2D eigenvalue weighted by atomic mass is 9.95. The van der Waals surface area contributed by atoms with Crippen LogP contribution in [0.4, 0.5) is 4.39 Å². The van der Waals surface area contributed by atoms with E-state index < -0.39 is 11.8 Å². The summed E-state index contributed by atoms with van der Waals surface area (Å²) in [5.41, 5.74) is 4.04. The van der Waals surface area contributed by atoms with Crippen LogP contribution in [0.1, 0.15) is 97.7 Å². The molecule has 0 aliphatic carbocycles. The van der Waals surface area contributed by atoms with Crippen molar-refractivity contribution in [1.82, 2.24) is 4.90 Å². The monoisotopic (exact) mass is 811 g/mol. The maximum Gasteiger partial charge on any atom is 0.338 e. The van der Waals surface area contributed by atoms with Gasteiger partial charge >= 0.3 is 5.97 Å². The van der Waals surface area contributed by atoms with Gasteiger partial charge in [-0.2, -0.15) is 0 Å². The molecule has 0 aliphatic rings. The summed E-state index contributed by atoms with van der Waals surface area (Å²) >= 11 is 5.29. The molecule has 3 heterocycles. The van der Waals surface area contributed by atoms with E-state index in [-0.39, 0.29) is 27.7 Å². The van der Waals surface area contributed by atoms with Crippen molar-refractivity contribution in [3.63, 3.8) is 0 Å². The molecule has 0 aliphatic heterocycles. The van der Waals surface area contributed by atoms with Gasteiger partial charge in [0.25, 0.3) is 5.91 Å². The zero-order chi connectivity index (χ0) is 41.6. The summed E-state index contributed by atoms with van der Waals surface area (Å²) < 4.78 is 18.8. The van der Waals surface area contributed by atoms with E-state index in [4.69, 9.17) is 9.84 Å². The van der Waals surface area contributed by atoms with Crippen LogP contribution in [-0.2, 0) is 16.2 Å². The molecule has 0 atom stereocenters. The van der Waals surface area contributed by atoms with Crippen molar-refractivity contribution in [2.24, 2.45) is 0 Å². The molecule has 6 rings (SSSR count). The number of thiophene rings is 3. The van der Waals surface area contributed by atoms with Crippen LogP contribution in [0.3, 0.4) is 0 Å². The first kappa shape index (κ1) is 44.1. The summed E-state index contributed by atoms with van der Waals surface area (Å²) in [4.78, 5) is 31.7. The third-order valence-electron chi connectivity index (χ3n) is 8.72. The number of ether oxygens (including phenoxy) is 1. The van der Waals surface area contributed by atoms with Crippen LogP contribution in [0.5, 0.6) is 5.75 Å². The van der Waals surface area contributed by atoms with Gasteiger partial charge in [0.1, 0.15) is 11.6 Å². The van der Waals surface area contributed by atoms with E-state index in [9.17, 15) is 14.0 Å². The van der Waals surface area contributed by atoms with Crippen molar-refractivity contribution < 1.29 is 23.8 Å². The Bertz CT molecular complexity index is 2220. The van der Waals surface area contributed by atoms with Gasteiger partial charge in [-0.1, -0.05) is 80.5 Å². The Morgan fingerprint density at radius 1 is 0.571 bits per heavy atom. The van der Waals surface area contributed by atoms with Gasteiger partial charge < -0.3 is 14.7 Å². The fraction of sp³-hybridized carbons (Fsp3) is 0.319. The molecule has 0 saturated carbocycles. The summed E-state index contributed by atoms with van der Waals surface area (Å²) in [7, 11) is 5.23. The van der Waals surface area contributed by atoms with Crippen molar-refractivity contribution in [2.45, 2.75) is 78.6 Å². The predicted octanol–water partition coefficient (Wildman–Crippen LogP) is 13.7. The highest BCUT2D eigenvalue weighted by Gasteiger charge is 2.19. The van der Waals surface area contributed by atoms with E-state index in [0.29, 0.717) is 5.56 Å². The lowest BCUT2D eigenvalue weighted by molar-refractivity contribution is 0.0691. The van der Waals surface area contributed by atoms with Crippen LogP contribution in [0.15, 0.2) is 103 Å². The summed E-state index contributed by atoms with van der Waals surface area (Å²) in [6, 6.07) is 33.1. The Kier molecular flexibility index (Phi) is 14.3. The van der Waals surface area contributed by atoms with Gasteiger partial charge in [-0.25, -0.2) is 9.18 Å². The quantitative estimate of drug-likeness (QED) is 0.182. The van der Waals surface area contributed by atoms with Crippen LogP contribution in [0.25, 0.3) is 31.3 Å². The number of carbonyl (C=O) groups is 2. The minimum atomic E-state index is -1.24. The molecule has 0 radical (unpaired) electrons. The van der Waals surface area contributed by atoms with E-state index in [0.717, 1.165) is 16.2 Å². The Morgan fingerprint density at radius 3 is 1.27 bits per heavy atom. The van der Waals surface area contributed by atoms with Crippen LogP contribution >= 0.6 is 34.0 Å². The van der Waals surface area contributed by atoms with Crippen molar-refractivity contribution in [3.05, 3.63) is 135 Å². The average Bonchev–Trinajstić information content (AvgIpc) is 3.93. The molecule has 56 heavy (non-hydrogen) atoms. The number of methoxy groups -OCH3 is 1. The number of hydrogen-bond acceptors (Lipinski definition) is 6. The molecule has 5 nitrogen and oxygen atoms in total. The standard InChI is InChI=1S/C17H21NOS.C15H15FO2S.C15H18OS/c1-17(2,3)15-11-10-14(20-15)12-6-8-13(9-7-12)16(19)18(4)5;1-15(2,3)13-7-6-12(19-13)9-4-5-10(14(17)18)11(16)8-9;1-15(2,3)14-10-9-13(17-14)11-5-7-12(16-4)8-6-11/h6-11H,1-5H3;4-8H,1-3H3,(H,17,18);5-10H,1-4H3. The minimum Gasteiger partial charge on any atom is -0.497 e. The third-order valence-corrected chi connectivity index (χ3v) is 13.4. The second kappa shape index (κ2) is 18.1. The van der Waals surface area contributed by atoms with Gasteiger partial charge in [0.05, 0.1) is 12.7 Å². The van der Waals surface area contributed by atoms with Crippen LogP contribution in [0, 0.1) is 5.82 Å². The average molecular weight is 812 g/mol. The molecule has 3 aromatic heterocycles. The number of carboxylic acid groups (broad SMARTS) is 1. The summed E-state index contributed by atoms with van der Waals surface area (Å²) in [5.74, 6) is -0.999. The second-order valence-corrected chi connectivity index (χ2v) is 20.0. The number of carbonyl (C=O) groups excluding carboxylic acids is 1. The maximum absolute atomic E-state index is 13.7. The Balaban J connectivity index is 0.000000187. The Labute approximate surface area is 344 Å². The number of nitrogens with zero attached hydrogens (tertiary/aromatic N) is 1. The first-order valence-electron chi connectivity index (χ1n) is 18.4. The summed E-state index contributed by atoms with van der Waals surface area (Å²) in [6.45, 7) is 19.8. The number of hydrogen-bond donors (Lipinski definition) is 1. The first-order chi connectivity index (χ1) is 26.1. The van der Waals surface area contributed by atoms with E-state index >= 15 is 0 Å². The molecule has 1 amide bonds. The molecule has 0 saturated heterocycles. The number of halogens is 1. The molecular formula is C47H54FNO4S3. The van der Waals surface area contributed by atoms with E-state index in [1.807, 2.05) is 71.2 Å². The molecule has 296 valence electrons. The lowest BCUT2D eigenvalue weighted by Gasteiger charge is -2.15. The molecule has 9 heteroatoms. The Morgan fingerprint density at radius 2 is 0.946 bits per heavy atom. The third kappa shape index (κ3) is 11.7.